The van der Waals surface area contributed by atoms with Gasteiger partial charge in [0.05, 0.1) is 0 Å². The summed E-state index contributed by atoms with van der Waals surface area (Å²) in [6, 6.07) is 75.5. The Morgan fingerprint density at radius 3 is 0.716 bits per heavy atom. The third-order valence-corrected chi connectivity index (χ3v) is 12.4. The van der Waals surface area contributed by atoms with Crippen LogP contribution in [0.4, 0.5) is 0 Å². The largest absolute Gasteiger partial charge is 0.478 e. The quantitative estimate of drug-likeness (QED) is 0.0732. The van der Waals surface area contributed by atoms with Crippen molar-refractivity contribution in [2.45, 2.75) is 84.0 Å². The summed E-state index contributed by atoms with van der Waals surface area (Å²) in [6.07, 6.45) is 11.4. The van der Waals surface area contributed by atoms with Crippen molar-refractivity contribution in [3.05, 3.63) is 285 Å². The van der Waals surface area contributed by atoms with Crippen molar-refractivity contribution in [1.29, 1.82) is 0 Å². The lowest BCUT2D eigenvalue weighted by Crippen LogP contribution is -2.08. The van der Waals surface area contributed by atoms with Gasteiger partial charge >= 0.3 is 5.97 Å². The zero-order chi connectivity index (χ0) is 46.5. The molecule has 0 spiro atoms. The van der Waals surface area contributed by atoms with Crippen LogP contribution in [-0.4, -0.2) is 11.1 Å². The first-order valence-corrected chi connectivity index (χ1v) is 24.0. The van der Waals surface area contributed by atoms with Crippen molar-refractivity contribution >= 4 is 5.97 Å². The van der Waals surface area contributed by atoms with Crippen molar-refractivity contribution in [3.63, 3.8) is 0 Å². The molecule has 8 aromatic carbocycles. The van der Waals surface area contributed by atoms with E-state index in [0.29, 0.717) is 0 Å². The molecule has 67 heavy (non-hydrogen) atoms. The van der Waals surface area contributed by atoms with Gasteiger partial charge < -0.3 is 9.84 Å². The predicted molar refractivity (Wildman–Crippen MR) is 279 cm³/mol. The van der Waals surface area contributed by atoms with Gasteiger partial charge in [-0.25, -0.2) is 4.79 Å². The zero-order valence-corrected chi connectivity index (χ0v) is 39.1. The summed E-state index contributed by atoms with van der Waals surface area (Å²) in [6.45, 7) is 4.60. The lowest BCUT2D eigenvalue weighted by Gasteiger charge is -2.23. The average molecular weight is 881 g/mol. The first kappa shape index (κ1) is 47.7. The Kier molecular flexibility index (Phi) is 18.1. The Hall–Kier alpha value is -7.23. The Labute approximate surface area is 399 Å². The second kappa shape index (κ2) is 25.5. The molecule has 0 radical (unpaired) electrons. The normalized spacial score (nSPS) is 10.8. The van der Waals surface area contributed by atoms with Gasteiger partial charge in [0.25, 0.3) is 0 Å². The van der Waals surface area contributed by atoms with Crippen LogP contribution in [0, 0.1) is 0 Å². The van der Waals surface area contributed by atoms with Crippen molar-refractivity contribution < 1.29 is 14.6 Å². The van der Waals surface area contributed by atoms with Crippen molar-refractivity contribution in [3.8, 4) is 11.5 Å². The second-order valence-corrected chi connectivity index (χ2v) is 17.6. The highest BCUT2D eigenvalue weighted by molar-refractivity contribution is 5.84. The smallest absolute Gasteiger partial charge is 0.330 e. The molecule has 0 atom stereocenters. The molecule has 3 nitrogen and oxygen atoms in total. The zero-order valence-electron chi connectivity index (χ0n) is 39.1. The van der Waals surface area contributed by atoms with Crippen LogP contribution in [0.2, 0.25) is 0 Å². The Morgan fingerprint density at radius 2 is 0.522 bits per heavy atom. The molecule has 338 valence electrons. The van der Waals surface area contributed by atoms with Crippen LogP contribution in [0.25, 0.3) is 0 Å². The summed E-state index contributed by atoms with van der Waals surface area (Å²) in [5.74, 6) is 1.17. The third-order valence-electron chi connectivity index (χ3n) is 12.4. The van der Waals surface area contributed by atoms with Crippen LogP contribution >= 0.6 is 0 Å². The molecular formula is C64H64O3. The molecule has 0 aromatic heterocycles. The number of carboxylic acids is 1. The maximum atomic E-state index is 9.60. The average Bonchev–Trinajstić information content (AvgIpc) is 3.38. The van der Waals surface area contributed by atoms with Gasteiger partial charge in [-0.15, -0.1) is 0 Å². The minimum absolute atomic E-state index is 0.176. The van der Waals surface area contributed by atoms with E-state index in [1.807, 2.05) is 0 Å². The highest BCUT2D eigenvalue weighted by Gasteiger charge is 2.20. The van der Waals surface area contributed by atoms with Crippen molar-refractivity contribution in [2.75, 3.05) is 0 Å². The van der Waals surface area contributed by atoms with E-state index in [1.54, 1.807) is 0 Å². The fourth-order valence-corrected chi connectivity index (χ4v) is 8.61. The topological polar surface area (TPSA) is 46.5 Å². The molecule has 0 bridgehead atoms. The molecule has 1 N–H and O–H groups in total. The molecule has 0 fully saturated rings. The summed E-state index contributed by atoms with van der Waals surface area (Å²) >= 11 is 0. The third kappa shape index (κ3) is 15.4. The standard InChI is InChI=1S/C60H58O.C4H6O2/c1-7-19-47(20-8-1)31-33-53-43-55(39-35-49-23-11-3-12-24-49)59(56(44-53)40-36-50-25-13-4-14-26-50)61-60-57(41-37-51-27-15-5-16-28-51)45-54(34-32-48-21-9-2-10-22-48)46-58(60)42-38-52-29-17-6-18-30-52;1-3(2)4(5)6/h1-30,43-46H,31-42H2;1H2,2H3,(H,5,6). The monoisotopic (exact) mass is 880 g/mol. The SMILES string of the molecule is C=C(C)C(=O)O.c1ccc(CCc2cc(CCc3ccccc3)c(Oc3c(CCc4ccccc4)cc(CCc4ccccc4)cc3CCc3ccccc3)c(CCc3ccccc3)c2)cc1. The minimum Gasteiger partial charge on any atom is -0.478 e. The number of aryl methyl sites for hydroxylation is 12. The predicted octanol–water partition coefficient (Wildman–Crippen LogP) is 14.8. The molecule has 0 heterocycles. The molecule has 3 heteroatoms. The van der Waals surface area contributed by atoms with E-state index >= 15 is 0 Å². The number of carboxylic acid groups (broad SMARTS) is 1. The lowest BCUT2D eigenvalue weighted by atomic mass is 9.91. The molecule has 0 saturated carbocycles. The van der Waals surface area contributed by atoms with Crippen molar-refractivity contribution in [1.82, 2.24) is 0 Å². The molecule has 8 aromatic rings. The molecular weight excluding hydrogens is 817 g/mol. The van der Waals surface area contributed by atoms with Crippen LogP contribution in [0.1, 0.15) is 73.7 Å². The van der Waals surface area contributed by atoms with Gasteiger partial charge in [-0.05, 0) is 151 Å². The Bertz CT molecular complexity index is 2410. The van der Waals surface area contributed by atoms with E-state index in [4.69, 9.17) is 9.84 Å². The van der Waals surface area contributed by atoms with Gasteiger partial charge in [-0.1, -0.05) is 213 Å². The van der Waals surface area contributed by atoms with Crippen molar-refractivity contribution in [2.24, 2.45) is 0 Å². The minimum atomic E-state index is -0.935. The van der Waals surface area contributed by atoms with Gasteiger partial charge in [0, 0.05) is 5.57 Å². The summed E-state index contributed by atoms with van der Waals surface area (Å²) < 4.78 is 7.69. The Morgan fingerprint density at radius 1 is 0.343 bits per heavy atom. The number of aliphatic carboxylic acids is 1. The van der Waals surface area contributed by atoms with E-state index < -0.39 is 5.97 Å². The fourth-order valence-electron chi connectivity index (χ4n) is 8.61. The van der Waals surface area contributed by atoms with Gasteiger partial charge in [0.2, 0.25) is 0 Å². The maximum absolute atomic E-state index is 9.60. The number of benzene rings is 8. The van der Waals surface area contributed by atoms with E-state index in [1.165, 1.54) is 73.7 Å². The molecule has 0 aliphatic carbocycles. The first-order valence-electron chi connectivity index (χ1n) is 24.0. The number of rotatable bonds is 21. The Balaban J connectivity index is 0.00000104. The number of hydrogen-bond donors (Lipinski definition) is 1. The van der Waals surface area contributed by atoms with Crippen LogP contribution in [-0.2, 0) is 81.8 Å². The van der Waals surface area contributed by atoms with Crippen LogP contribution in [0.3, 0.4) is 0 Å². The van der Waals surface area contributed by atoms with Crippen LogP contribution in [0.5, 0.6) is 11.5 Å². The van der Waals surface area contributed by atoms with Gasteiger partial charge in [0.1, 0.15) is 11.5 Å². The van der Waals surface area contributed by atoms with Crippen LogP contribution in [0.15, 0.2) is 218 Å². The molecule has 0 aliphatic heterocycles. The highest BCUT2D eigenvalue weighted by Crippen LogP contribution is 2.39. The van der Waals surface area contributed by atoms with E-state index in [0.717, 1.165) is 88.5 Å². The first-order chi connectivity index (χ1) is 32.9. The number of carbonyl (C=O) groups is 1. The molecule has 0 amide bonds. The summed E-state index contributed by atoms with van der Waals surface area (Å²) in [5.41, 5.74) is 16.3. The van der Waals surface area contributed by atoms with Gasteiger partial charge in [-0.3, -0.25) is 0 Å². The van der Waals surface area contributed by atoms with Gasteiger partial charge in [-0.2, -0.15) is 0 Å². The van der Waals surface area contributed by atoms with Gasteiger partial charge in [0.15, 0.2) is 0 Å². The summed E-state index contributed by atoms with van der Waals surface area (Å²) in [7, 11) is 0. The highest BCUT2D eigenvalue weighted by atomic mass is 16.5. The second-order valence-electron chi connectivity index (χ2n) is 17.6. The maximum Gasteiger partial charge on any atom is 0.330 e. The fraction of sp³-hybridized carbons (Fsp3) is 0.203. The van der Waals surface area contributed by atoms with Crippen LogP contribution < -0.4 is 4.74 Å². The number of ether oxygens (including phenoxy) is 1. The summed E-state index contributed by atoms with van der Waals surface area (Å²) in [4.78, 5) is 9.60. The lowest BCUT2D eigenvalue weighted by molar-refractivity contribution is -0.132. The molecule has 0 aliphatic rings. The van der Waals surface area contributed by atoms with E-state index in [-0.39, 0.29) is 5.57 Å². The molecule has 0 unspecified atom stereocenters. The number of hydrogen-bond acceptors (Lipinski definition) is 2. The van der Waals surface area contributed by atoms with E-state index in [2.05, 4.69) is 213 Å². The molecule has 8 rings (SSSR count). The molecule has 0 saturated heterocycles. The summed E-state index contributed by atoms with van der Waals surface area (Å²) in [5, 5.41) is 7.89. The van der Waals surface area contributed by atoms with E-state index in [9.17, 15) is 4.79 Å².